The van der Waals surface area contributed by atoms with Gasteiger partial charge in [-0.15, -0.1) is 0 Å². The molecule has 0 unspecified atom stereocenters. The number of methoxy groups -OCH3 is 1. The molecule has 3 rings (SSSR count). The largest absolute Gasteiger partial charge is 0.496 e. The van der Waals surface area contributed by atoms with Gasteiger partial charge in [0.2, 0.25) is 0 Å². The molecule has 0 saturated heterocycles. The first-order chi connectivity index (χ1) is 9.60. The molecule has 0 aliphatic carbocycles. The summed E-state index contributed by atoms with van der Waals surface area (Å²) in [6, 6.07) is 11.9. The Bertz CT molecular complexity index is 854. The summed E-state index contributed by atoms with van der Waals surface area (Å²) >= 11 is 12.4. The van der Waals surface area contributed by atoms with Crippen LogP contribution in [0, 0.1) is 4.77 Å². The predicted octanol–water partition coefficient (Wildman–Crippen LogP) is 5.22. The Morgan fingerprint density at radius 2 is 1.95 bits per heavy atom. The van der Waals surface area contributed by atoms with E-state index in [1.807, 2.05) is 41.0 Å². The number of rotatable bonds is 2. The first kappa shape index (κ1) is 13.9. The quantitative estimate of drug-likeness (QED) is 0.583. The van der Waals surface area contributed by atoms with Crippen molar-refractivity contribution < 1.29 is 4.74 Å². The zero-order valence-electron chi connectivity index (χ0n) is 10.5. The van der Waals surface area contributed by atoms with Gasteiger partial charge < -0.3 is 9.72 Å². The smallest absolute Gasteiger partial charge is 0.182 e. The molecule has 0 bridgehead atoms. The van der Waals surface area contributed by atoms with Gasteiger partial charge in [-0.25, -0.2) is 0 Å². The molecule has 1 heterocycles. The minimum atomic E-state index is 0.662. The maximum absolute atomic E-state index is 5.43. The highest BCUT2D eigenvalue weighted by atomic mass is 79.9. The molecular weight excluding hydrogens is 404 g/mol. The van der Waals surface area contributed by atoms with E-state index < -0.39 is 0 Å². The van der Waals surface area contributed by atoms with Gasteiger partial charge in [-0.2, -0.15) is 0 Å². The fourth-order valence-corrected chi connectivity index (χ4v) is 3.34. The van der Waals surface area contributed by atoms with Crippen LogP contribution < -0.4 is 4.74 Å². The highest BCUT2D eigenvalue weighted by Crippen LogP contribution is 2.29. The molecule has 102 valence electrons. The minimum Gasteiger partial charge on any atom is -0.496 e. The van der Waals surface area contributed by atoms with Crippen molar-refractivity contribution in [1.82, 2.24) is 9.55 Å². The van der Waals surface area contributed by atoms with Gasteiger partial charge in [0.25, 0.3) is 0 Å². The summed E-state index contributed by atoms with van der Waals surface area (Å²) in [5.41, 5.74) is 3.02. The molecule has 3 nitrogen and oxygen atoms in total. The number of halogens is 2. The highest BCUT2D eigenvalue weighted by molar-refractivity contribution is 9.10. The Morgan fingerprint density at radius 1 is 1.15 bits per heavy atom. The average Bonchev–Trinajstić information content (AvgIpc) is 2.73. The van der Waals surface area contributed by atoms with Gasteiger partial charge in [0, 0.05) is 10.2 Å². The molecule has 0 aliphatic heterocycles. The number of hydrogen-bond donors (Lipinski definition) is 1. The lowest BCUT2D eigenvalue weighted by atomic mass is 10.2. The topological polar surface area (TPSA) is 29.9 Å². The van der Waals surface area contributed by atoms with Crippen molar-refractivity contribution in [1.29, 1.82) is 0 Å². The third kappa shape index (κ3) is 2.32. The van der Waals surface area contributed by atoms with Crippen molar-refractivity contribution >= 4 is 55.1 Å². The number of aromatic nitrogens is 2. The SMILES string of the molecule is COc1ccc(-n2c(=S)[nH]c3cc(Br)ccc32)cc1Br. The third-order valence-electron chi connectivity index (χ3n) is 3.04. The van der Waals surface area contributed by atoms with E-state index in [0.717, 1.165) is 31.4 Å². The first-order valence-electron chi connectivity index (χ1n) is 5.84. The monoisotopic (exact) mass is 412 g/mol. The van der Waals surface area contributed by atoms with Crippen LogP contribution in [0.1, 0.15) is 0 Å². The van der Waals surface area contributed by atoms with Crippen molar-refractivity contribution in [2.45, 2.75) is 0 Å². The van der Waals surface area contributed by atoms with E-state index >= 15 is 0 Å². The molecule has 0 atom stereocenters. The van der Waals surface area contributed by atoms with Gasteiger partial charge in [-0.05, 0) is 64.5 Å². The standard InChI is InChI=1S/C14H10Br2N2OS/c1-19-13-5-3-9(7-10(13)16)18-12-4-2-8(15)6-11(12)17-14(18)20/h2-7H,1H3,(H,17,20). The van der Waals surface area contributed by atoms with E-state index in [-0.39, 0.29) is 0 Å². The van der Waals surface area contributed by atoms with Crippen molar-refractivity contribution in [3.05, 3.63) is 50.1 Å². The Balaban J connectivity index is 2.26. The average molecular weight is 414 g/mol. The summed E-state index contributed by atoms with van der Waals surface area (Å²) in [6.07, 6.45) is 0. The van der Waals surface area contributed by atoms with E-state index in [1.165, 1.54) is 0 Å². The molecule has 2 aromatic carbocycles. The second-order valence-corrected chi connectivity index (χ2v) is 6.40. The van der Waals surface area contributed by atoms with Crippen molar-refractivity contribution in [2.75, 3.05) is 7.11 Å². The fraction of sp³-hybridized carbons (Fsp3) is 0.0714. The number of hydrogen-bond acceptors (Lipinski definition) is 2. The van der Waals surface area contributed by atoms with Crippen LogP contribution in [0.2, 0.25) is 0 Å². The number of aromatic amines is 1. The molecule has 0 spiro atoms. The molecule has 0 radical (unpaired) electrons. The van der Waals surface area contributed by atoms with Crippen LogP contribution >= 0.6 is 44.1 Å². The van der Waals surface area contributed by atoms with Crippen LogP contribution in [0.15, 0.2) is 45.3 Å². The van der Waals surface area contributed by atoms with Gasteiger partial charge in [-0.3, -0.25) is 4.57 Å². The van der Waals surface area contributed by atoms with Crippen LogP contribution in [0.5, 0.6) is 5.75 Å². The van der Waals surface area contributed by atoms with Gasteiger partial charge in [0.1, 0.15) is 5.75 Å². The minimum absolute atomic E-state index is 0.662. The number of fused-ring (bicyclic) bond motifs is 1. The molecule has 6 heteroatoms. The first-order valence-corrected chi connectivity index (χ1v) is 7.84. The van der Waals surface area contributed by atoms with E-state index in [4.69, 9.17) is 17.0 Å². The molecule has 0 saturated carbocycles. The molecule has 3 aromatic rings. The zero-order valence-corrected chi connectivity index (χ0v) is 14.5. The summed E-state index contributed by atoms with van der Waals surface area (Å²) < 4.78 is 9.83. The van der Waals surface area contributed by atoms with Crippen LogP contribution in [-0.4, -0.2) is 16.7 Å². The van der Waals surface area contributed by atoms with Crippen LogP contribution in [0.4, 0.5) is 0 Å². The summed E-state index contributed by atoms with van der Waals surface area (Å²) in [6.45, 7) is 0. The molecule has 1 N–H and O–H groups in total. The van der Waals surface area contributed by atoms with E-state index in [0.29, 0.717) is 4.77 Å². The second kappa shape index (κ2) is 5.35. The second-order valence-electron chi connectivity index (χ2n) is 4.25. The lowest BCUT2D eigenvalue weighted by molar-refractivity contribution is 0.412. The molecule has 20 heavy (non-hydrogen) atoms. The van der Waals surface area contributed by atoms with E-state index in [9.17, 15) is 0 Å². The molecule has 0 aliphatic rings. The Labute approximate surface area is 137 Å². The summed E-state index contributed by atoms with van der Waals surface area (Å²) in [5.74, 6) is 0.794. The lowest BCUT2D eigenvalue weighted by Crippen LogP contribution is -1.95. The predicted molar refractivity (Wildman–Crippen MR) is 90.4 cm³/mol. The summed E-state index contributed by atoms with van der Waals surface area (Å²) in [4.78, 5) is 3.22. The van der Waals surface area contributed by atoms with Crippen LogP contribution in [-0.2, 0) is 0 Å². The number of nitrogens with zero attached hydrogens (tertiary/aromatic N) is 1. The van der Waals surface area contributed by atoms with E-state index in [2.05, 4.69) is 36.8 Å². The number of ether oxygens (including phenoxy) is 1. The summed E-state index contributed by atoms with van der Waals surface area (Å²) in [5, 5.41) is 0. The van der Waals surface area contributed by atoms with Crippen molar-refractivity contribution in [3.8, 4) is 11.4 Å². The maximum Gasteiger partial charge on any atom is 0.182 e. The van der Waals surface area contributed by atoms with Gasteiger partial charge in [-0.1, -0.05) is 15.9 Å². The third-order valence-corrected chi connectivity index (χ3v) is 4.44. The van der Waals surface area contributed by atoms with Crippen molar-refractivity contribution in [3.63, 3.8) is 0 Å². The Hall–Kier alpha value is -1.11. The number of benzene rings is 2. The Morgan fingerprint density at radius 3 is 2.65 bits per heavy atom. The van der Waals surface area contributed by atoms with Crippen LogP contribution in [0.3, 0.4) is 0 Å². The van der Waals surface area contributed by atoms with Gasteiger partial charge >= 0.3 is 0 Å². The highest BCUT2D eigenvalue weighted by Gasteiger charge is 2.09. The molecule has 0 fully saturated rings. The molecule has 0 amide bonds. The number of imidazole rings is 1. The molecule has 1 aromatic heterocycles. The summed E-state index contributed by atoms with van der Waals surface area (Å²) in [7, 11) is 1.65. The lowest BCUT2D eigenvalue weighted by Gasteiger charge is -2.08. The van der Waals surface area contributed by atoms with E-state index in [1.54, 1.807) is 7.11 Å². The van der Waals surface area contributed by atoms with Crippen LogP contribution in [0.25, 0.3) is 16.7 Å². The maximum atomic E-state index is 5.43. The van der Waals surface area contributed by atoms with Crippen molar-refractivity contribution in [2.24, 2.45) is 0 Å². The normalized spacial score (nSPS) is 10.9. The van der Waals surface area contributed by atoms with Gasteiger partial charge in [0.15, 0.2) is 4.77 Å². The number of nitrogens with one attached hydrogen (secondary N) is 1. The Kier molecular flexibility index (Phi) is 3.70. The number of H-pyrrole nitrogens is 1. The van der Waals surface area contributed by atoms with Gasteiger partial charge in [0.05, 0.1) is 22.6 Å². The fourth-order valence-electron chi connectivity index (χ4n) is 2.13. The molecular formula is C14H10Br2N2OS. The zero-order chi connectivity index (χ0) is 14.3.